The van der Waals surface area contributed by atoms with E-state index in [4.69, 9.17) is 9.72 Å². The van der Waals surface area contributed by atoms with Gasteiger partial charge in [0, 0.05) is 36.2 Å². The first-order chi connectivity index (χ1) is 15.5. The first-order valence-corrected chi connectivity index (χ1v) is 11.2. The maximum Gasteiger partial charge on any atom is 0.339 e. The molecule has 0 aliphatic carbocycles. The lowest BCUT2D eigenvalue weighted by Crippen LogP contribution is -2.30. The van der Waals surface area contributed by atoms with Crippen LogP contribution in [0.3, 0.4) is 0 Å². The van der Waals surface area contributed by atoms with Crippen molar-refractivity contribution in [3.05, 3.63) is 64.8 Å². The molecule has 2 aromatic carbocycles. The third-order valence-electron chi connectivity index (χ3n) is 5.57. The molecule has 32 heavy (non-hydrogen) atoms. The van der Waals surface area contributed by atoms with E-state index < -0.39 is 11.9 Å². The second kappa shape index (κ2) is 8.29. The molecule has 1 aliphatic heterocycles. The Kier molecular flexibility index (Phi) is 5.32. The Balaban J connectivity index is 1.35. The van der Waals surface area contributed by atoms with E-state index in [-0.39, 0.29) is 6.61 Å². The van der Waals surface area contributed by atoms with Gasteiger partial charge < -0.3 is 9.64 Å². The van der Waals surface area contributed by atoms with Gasteiger partial charge in [0.05, 0.1) is 21.3 Å². The molecule has 1 amide bonds. The molecule has 1 aliphatic rings. The van der Waals surface area contributed by atoms with Gasteiger partial charge in [-0.05, 0) is 37.7 Å². The summed E-state index contributed by atoms with van der Waals surface area (Å²) in [4.78, 5) is 36.9. The number of hydrogen-bond acceptors (Lipinski definition) is 7. The number of fused-ring (bicyclic) bond motifs is 3. The molecule has 0 bridgehead atoms. The van der Waals surface area contributed by atoms with Crippen molar-refractivity contribution in [1.82, 2.24) is 14.9 Å². The molecule has 7 nitrogen and oxygen atoms in total. The summed E-state index contributed by atoms with van der Waals surface area (Å²) in [7, 11) is 2.01. The Bertz CT molecular complexity index is 1360. The van der Waals surface area contributed by atoms with Crippen molar-refractivity contribution in [1.29, 1.82) is 0 Å². The lowest BCUT2D eigenvalue weighted by molar-refractivity contribution is -0.119. The molecule has 5 rings (SSSR count). The lowest BCUT2D eigenvalue weighted by atomic mass is 9.96. The van der Waals surface area contributed by atoms with E-state index in [1.165, 1.54) is 11.3 Å². The summed E-state index contributed by atoms with van der Waals surface area (Å²) >= 11 is 1.39. The molecule has 1 N–H and O–H groups in total. The number of aryl methyl sites for hydroxylation is 1. The van der Waals surface area contributed by atoms with Crippen LogP contribution < -0.4 is 5.32 Å². The van der Waals surface area contributed by atoms with Crippen LogP contribution in [0.5, 0.6) is 0 Å². The molecule has 3 heterocycles. The van der Waals surface area contributed by atoms with E-state index in [1.54, 1.807) is 0 Å². The highest BCUT2D eigenvalue weighted by Crippen LogP contribution is 2.29. The van der Waals surface area contributed by atoms with Crippen molar-refractivity contribution in [3.63, 3.8) is 0 Å². The number of thiazole rings is 1. The molecule has 0 fully saturated rings. The minimum absolute atomic E-state index is 0.380. The number of ether oxygens (including phenoxy) is 1. The zero-order chi connectivity index (χ0) is 22.2. The summed E-state index contributed by atoms with van der Waals surface area (Å²) in [5, 5.41) is 3.96. The molecule has 162 valence electrons. The second-order valence-corrected chi connectivity index (χ2v) is 9.06. The number of para-hydroxylation sites is 1. The zero-order valence-corrected chi connectivity index (χ0v) is 18.7. The SMILES string of the molecule is Cc1ccc2nc(NC(=O)COC(=O)c3c4c(nc5ccccc35)CCN(C)C4)sc2c1. The van der Waals surface area contributed by atoms with Crippen LogP contribution in [-0.4, -0.2) is 46.9 Å². The highest BCUT2D eigenvalue weighted by molar-refractivity contribution is 7.22. The maximum atomic E-state index is 13.1. The largest absolute Gasteiger partial charge is 0.452 e. The summed E-state index contributed by atoms with van der Waals surface area (Å²) in [5.41, 5.74) is 5.02. The molecular formula is C24H22N4O3S. The molecule has 0 spiro atoms. The van der Waals surface area contributed by atoms with Crippen LogP contribution in [0, 0.1) is 6.92 Å². The Morgan fingerprint density at radius 3 is 2.88 bits per heavy atom. The topological polar surface area (TPSA) is 84.4 Å². The van der Waals surface area contributed by atoms with E-state index >= 15 is 0 Å². The van der Waals surface area contributed by atoms with Gasteiger partial charge in [0.1, 0.15) is 0 Å². The van der Waals surface area contributed by atoms with Gasteiger partial charge >= 0.3 is 5.97 Å². The van der Waals surface area contributed by atoms with Gasteiger partial charge in [0.2, 0.25) is 0 Å². The van der Waals surface area contributed by atoms with E-state index in [0.29, 0.717) is 17.2 Å². The maximum absolute atomic E-state index is 13.1. The number of pyridine rings is 1. The van der Waals surface area contributed by atoms with Gasteiger partial charge in [-0.25, -0.2) is 9.78 Å². The number of benzene rings is 2. The lowest BCUT2D eigenvalue weighted by Gasteiger charge is -2.26. The van der Waals surface area contributed by atoms with Gasteiger partial charge in [0.15, 0.2) is 11.7 Å². The second-order valence-electron chi connectivity index (χ2n) is 8.03. The predicted octanol–water partition coefficient (Wildman–Crippen LogP) is 3.94. The number of carbonyl (C=O) groups excluding carboxylic acids is 2. The van der Waals surface area contributed by atoms with Gasteiger partial charge in [-0.1, -0.05) is 35.6 Å². The van der Waals surface area contributed by atoms with Crippen LogP contribution in [0.1, 0.15) is 27.2 Å². The monoisotopic (exact) mass is 446 g/mol. The summed E-state index contributed by atoms with van der Waals surface area (Å²) in [6.45, 7) is 3.14. The Morgan fingerprint density at radius 1 is 1.16 bits per heavy atom. The van der Waals surface area contributed by atoms with Crippen molar-refractivity contribution < 1.29 is 14.3 Å². The fourth-order valence-electron chi connectivity index (χ4n) is 4.00. The quantitative estimate of drug-likeness (QED) is 0.478. The van der Waals surface area contributed by atoms with Crippen molar-refractivity contribution in [2.45, 2.75) is 19.9 Å². The molecular weight excluding hydrogens is 424 g/mol. The van der Waals surface area contributed by atoms with E-state index in [2.05, 4.69) is 15.2 Å². The summed E-state index contributed by atoms with van der Waals surface area (Å²) in [5.74, 6) is -0.927. The minimum Gasteiger partial charge on any atom is -0.452 e. The number of nitrogens with one attached hydrogen (secondary N) is 1. The number of aromatic nitrogens is 2. The van der Waals surface area contributed by atoms with Gasteiger partial charge in [-0.2, -0.15) is 0 Å². The number of likely N-dealkylation sites (N-methyl/N-ethyl adjacent to an activating group) is 1. The summed E-state index contributed by atoms with van der Waals surface area (Å²) < 4.78 is 6.44. The standard InChI is InChI=1S/C24H22N4O3S/c1-14-7-8-19-20(11-14)32-24(26-19)27-21(29)13-31-23(30)22-15-5-3-4-6-17(15)25-18-9-10-28(2)12-16(18)22/h3-8,11H,9-10,12-13H2,1-2H3,(H,26,27,29). The number of carbonyl (C=O) groups is 2. The Labute approximate surface area is 189 Å². The smallest absolute Gasteiger partial charge is 0.339 e. The first kappa shape index (κ1) is 20.5. The average Bonchev–Trinajstić information content (AvgIpc) is 3.17. The molecule has 0 atom stereocenters. The average molecular weight is 447 g/mol. The van der Waals surface area contributed by atoms with E-state index in [0.717, 1.165) is 50.9 Å². The predicted molar refractivity (Wildman–Crippen MR) is 125 cm³/mol. The van der Waals surface area contributed by atoms with Crippen LogP contribution in [0.15, 0.2) is 42.5 Å². The van der Waals surface area contributed by atoms with Crippen LogP contribution in [0.4, 0.5) is 5.13 Å². The fourth-order valence-corrected chi connectivity index (χ4v) is 4.98. The molecule has 0 saturated heterocycles. The normalized spacial score (nSPS) is 13.8. The van der Waals surface area contributed by atoms with Crippen molar-refractivity contribution >= 4 is 49.5 Å². The van der Waals surface area contributed by atoms with E-state index in [1.807, 2.05) is 56.4 Å². The van der Waals surface area contributed by atoms with Gasteiger partial charge in [-0.15, -0.1) is 0 Å². The zero-order valence-electron chi connectivity index (χ0n) is 17.8. The summed E-state index contributed by atoms with van der Waals surface area (Å²) in [6.07, 6.45) is 0.772. The first-order valence-electron chi connectivity index (χ1n) is 10.4. The van der Waals surface area contributed by atoms with E-state index in [9.17, 15) is 9.59 Å². The number of esters is 1. The molecule has 0 saturated carbocycles. The third-order valence-corrected chi connectivity index (χ3v) is 6.50. The van der Waals surface area contributed by atoms with Crippen molar-refractivity contribution in [2.24, 2.45) is 0 Å². The fraction of sp³-hybridized carbons (Fsp3) is 0.250. The number of nitrogens with zero attached hydrogens (tertiary/aromatic N) is 3. The molecule has 0 radical (unpaired) electrons. The molecule has 2 aromatic heterocycles. The highest BCUT2D eigenvalue weighted by atomic mass is 32.1. The Morgan fingerprint density at radius 2 is 2.00 bits per heavy atom. The van der Waals surface area contributed by atoms with Gasteiger partial charge in [-0.3, -0.25) is 15.1 Å². The van der Waals surface area contributed by atoms with Gasteiger partial charge in [0.25, 0.3) is 5.91 Å². The highest BCUT2D eigenvalue weighted by Gasteiger charge is 2.25. The molecule has 8 heteroatoms. The Hall–Kier alpha value is -3.36. The number of anilines is 1. The van der Waals surface area contributed by atoms with Crippen molar-refractivity contribution in [3.8, 4) is 0 Å². The third kappa shape index (κ3) is 3.94. The van der Waals surface area contributed by atoms with Crippen LogP contribution >= 0.6 is 11.3 Å². The van der Waals surface area contributed by atoms with Crippen LogP contribution in [-0.2, 0) is 22.5 Å². The van der Waals surface area contributed by atoms with Crippen LogP contribution in [0.2, 0.25) is 0 Å². The number of hydrogen-bond donors (Lipinski definition) is 1. The molecule has 0 unspecified atom stereocenters. The minimum atomic E-state index is -0.509. The molecule has 4 aromatic rings. The van der Waals surface area contributed by atoms with Crippen LogP contribution in [0.25, 0.3) is 21.1 Å². The number of rotatable bonds is 4. The van der Waals surface area contributed by atoms with Crippen molar-refractivity contribution in [2.75, 3.05) is 25.5 Å². The summed E-state index contributed by atoms with van der Waals surface area (Å²) in [6, 6.07) is 13.5. The number of amides is 1.